The second-order valence-electron chi connectivity index (χ2n) is 5.98. The molecule has 1 N–H and O–H groups in total. The van der Waals surface area contributed by atoms with E-state index in [0.717, 1.165) is 5.56 Å². The van der Waals surface area contributed by atoms with Crippen LogP contribution in [0, 0.1) is 5.82 Å². The van der Waals surface area contributed by atoms with Gasteiger partial charge in [0.25, 0.3) is 11.8 Å². The largest absolute Gasteiger partial charge is 0.496 e. The maximum Gasteiger partial charge on any atom is 0.254 e. The molecule has 0 aliphatic carbocycles. The number of hydrogen-bond donors (Lipinski definition) is 1. The van der Waals surface area contributed by atoms with Gasteiger partial charge in [0, 0.05) is 11.6 Å². The van der Waals surface area contributed by atoms with E-state index in [4.69, 9.17) is 13.7 Å². The van der Waals surface area contributed by atoms with Crippen LogP contribution < -0.4 is 10.1 Å². The van der Waals surface area contributed by atoms with Crippen LogP contribution >= 0.6 is 0 Å². The summed E-state index contributed by atoms with van der Waals surface area (Å²) in [5, 5.41) is 15.5. The third-order valence-corrected chi connectivity index (χ3v) is 4.18. The zero-order chi connectivity index (χ0) is 19.5. The van der Waals surface area contributed by atoms with Gasteiger partial charge >= 0.3 is 0 Å². The summed E-state index contributed by atoms with van der Waals surface area (Å²) in [7, 11) is 3.26. The highest BCUT2D eigenvalue weighted by Gasteiger charge is 2.25. The van der Waals surface area contributed by atoms with Crippen LogP contribution in [0.5, 0.6) is 5.75 Å². The predicted molar refractivity (Wildman–Crippen MR) is 99.9 cm³/mol. The molecular formula is C20H17FN4O3. The molecular weight excluding hydrogens is 363 g/mol. The Kier molecular flexibility index (Phi) is 4.86. The Morgan fingerprint density at radius 1 is 1.07 bits per heavy atom. The van der Waals surface area contributed by atoms with Gasteiger partial charge in [0.05, 0.1) is 19.2 Å². The molecule has 142 valence electrons. The molecule has 0 aliphatic rings. The Morgan fingerprint density at radius 2 is 1.86 bits per heavy atom. The van der Waals surface area contributed by atoms with E-state index in [1.807, 2.05) is 30.3 Å². The Bertz CT molecular complexity index is 1090. The Hall–Kier alpha value is -3.52. The molecule has 0 saturated carbocycles. The summed E-state index contributed by atoms with van der Waals surface area (Å²) < 4.78 is 30.1. The van der Waals surface area contributed by atoms with E-state index in [0.29, 0.717) is 34.9 Å². The van der Waals surface area contributed by atoms with Gasteiger partial charge in [-0.15, -0.1) is 10.2 Å². The molecule has 4 aromatic rings. The first-order chi connectivity index (χ1) is 13.7. The van der Waals surface area contributed by atoms with Crippen molar-refractivity contribution in [3.63, 3.8) is 0 Å². The lowest BCUT2D eigenvalue weighted by atomic mass is 10.1. The molecule has 0 aliphatic heterocycles. The van der Waals surface area contributed by atoms with Crippen LogP contribution in [0.1, 0.15) is 5.76 Å². The van der Waals surface area contributed by atoms with Crippen LogP contribution in [0.2, 0.25) is 0 Å². The molecule has 28 heavy (non-hydrogen) atoms. The third-order valence-electron chi connectivity index (χ3n) is 4.18. The number of hydrogen-bond acceptors (Lipinski definition) is 7. The van der Waals surface area contributed by atoms with E-state index in [2.05, 4.69) is 20.7 Å². The maximum absolute atomic E-state index is 13.5. The quantitative estimate of drug-likeness (QED) is 0.542. The van der Waals surface area contributed by atoms with E-state index >= 15 is 0 Å². The van der Waals surface area contributed by atoms with E-state index in [1.54, 1.807) is 7.05 Å². The maximum atomic E-state index is 13.5. The number of benzene rings is 2. The van der Waals surface area contributed by atoms with Crippen LogP contribution in [-0.2, 0) is 6.54 Å². The van der Waals surface area contributed by atoms with Crippen molar-refractivity contribution in [2.45, 2.75) is 6.54 Å². The van der Waals surface area contributed by atoms with Crippen LogP contribution in [-0.4, -0.2) is 29.5 Å². The summed E-state index contributed by atoms with van der Waals surface area (Å²) in [6.45, 7) is 0.437. The van der Waals surface area contributed by atoms with Crippen LogP contribution in [0.4, 0.5) is 4.39 Å². The minimum Gasteiger partial charge on any atom is -0.496 e. The van der Waals surface area contributed by atoms with Gasteiger partial charge in [-0.2, -0.15) is 0 Å². The molecule has 4 rings (SSSR count). The summed E-state index contributed by atoms with van der Waals surface area (Å²) in [4.78, 5) is 0. The highest BCUT2D eigenvalue weighted by atomic mass is 19.1. The molecule has 0 atom stereocenters. The minimum atomic E-state index is -0.415. The molecule has 2 aromatic heterocycles. The molecule has 2 heterocycles. The Labute approximate surface area is 160 Å². The smallest absolute Gasteiger partial charge is 0.254 e. The van der Waals surface area contributed by atoms with Gasteiger partial charge in [0.2, 0.25) is 0 Å². The summed E-state index contributed by atoms with van der Waals surface area (Å²) in [5.41, 5.74) is 2.57. The van der Waals surface area contributed by atoms with Gasteiger partial charge in [-0.25, -0.2) is 4.39 Å². The van der Waals surface area contributed by atoms with Gasteiger partial charge in [0.15, 0.2) is 5.76 Å². The molecule has 8 heteroatoms. The standard InChI is InChI=1S/C20H17FN4O3/c1-22-11-16-17(18(25-28-16)12-6-4-3-5-7-12)20-24-23-19(27-20)14-9-8-13(21)10-15(14)26-2/h3-10,22H,11H2,1-2H3. The number of rotatable bonds is 6. The lowest BCUT2D eigenvalue weighted by Crippen LogP contribution is -2.05. The van der Waals surface area contributed by atoms with Crippen LogP contribution in [0.3, 0.4) is 0 Å². The summed E-state index contributed by atoms with van der Waals surface area (Å²) in [5.74, 6) is 0.929. The lowest BCUT2D eigenvalue weighted by molar-refractivity contribution is 0.379. The molecule has 7 nitrogen and oxygen atoms in total. The number of ether oxygens (including phenoxy) is 1. The van der Waals surface area contributed by atoms with E-state index in [1.165, 1.54) is 25.3 Å². The molecule has 0 fully saturated rings. The van der Waals surface area contributed by atoms with E-state index < -0.39 is 5.82 Å². The predicted octanol–water partition coefficient (Wildman–Crippen LogP) is 3.93. The highest BCUT2D eigenvalue weighted by molar-refractivity contribution is 5.78. The van der Waals surface area contributed by atoms with Crippen molar-refractivity contribution in [3.8, 4) is 39.9 Å². The second-order valence-corrected chi connectivity index (χ2v) is 5.98. The topological polar surface area (TPSA) is 86.2 Å². The van der Waals surface area contributed by atoms with Gasteiger partial charge < -0.3 is 19.0 Å². The van der Waals surface area contributed by atoms with Crippen molar-refractivity contribution in [1.82, 2.24) is 20.7 Å². The van der Waals surface area contributed by atoms with Crippen molar-refractivity contribution in [1.29, 1.82) is 0 Å². The summed E-state index contributed by atoms with van der Waals surface area (Å²) >= 11 is 0. The van der Waals surface area contributed by atoms with Crippen LogP contribution in [0.25, 0.3) is 34.2 Å². The monoisotopic (exact) mass is 380 g/mol. The van der Waals surface area contributed by atoms with Crippen LogP contribution in [0.15, 0.2) is 57.5 Å². The first-order valence-electron chi connectivity index (χ1n) is 8.57. The third kappa shape index (κ3) is 3.25. The fourth-order valence-corrected chi connectivity index (χ4v) is 2.89. The lowest BCUT2D eigenvalue weighted by Gasteiger charge is -2.04. The zero-order valence-electron chi connectivity index (χ0n) is 15.3. The number of halogens is 1. The van der Waals surface area contributed by atoms with Gasteiger partial charge in [-0.3, -0.25) is 0 Å². The van der Waals surface area contributed by atoms with Crippen molar-refractivity contribution >= 4 is 0 Å². The van der Waals surface area contributed by atoms with E-state index in [9.17, 15) is 4.39 Å². The summed E-state index contributed by atoms with van der Waals surface area (Å²) in [6, 6.07) is 13.7. The van der Waals surface area contributed by atoms with Gasteiger partial charge in [-0.1, -0.05) is 35.5 Å². The zero-order valence-corrected chi connectivity index (χ0v) is 15.3. The fraction of sp³-hybridized carbons (Fsp3) is 0.150. The molecule has 0 radical (unpaired) electrons. The van der Waals surface area contributed by atoms with E-state index in [-0.39, 0.29) is 11.8 Å². The number of methoxy groups -OCH3 is 1. The first-order valence-corrected chi connectivity index (χ1v) is 8.57. The van der Waals surface area contributed by atoms with Crippen molar-refractivity contribution in [2.75, 3.05) is 14.2 Å². The molecule has 0 saturated heterocycles. The highest BCUT2D eigenvalue weighted by Crippen LogP contribution is 2.36. The minimum absolute atomic E-state index is 0.211. The van der Waals surface area contributed by atoms with Gasteiger partial charge in [-0.05, 0) is 19.2 Å². The second kappa shape index (κ2) is 7.61. The SMILES string of the molecule is CNCc1onc(-c2ccccc2)c1-c1nnc(-c2ccc(F)cc2OC)o1. The fourth-order valence-electron chi connectivity index (χ4n) is 2.89. The van der Waals surface area contributed by atoms with Gasteiger partial charge in [0.1, 0.15) is 22.8 Å². The number of nitrogens with zero attached hydrogens (tertiary/aromatic N) is 3. The summed E-state index contributed by atoms with van der Waals surface area (Å²) in [6.07, 6.45) is 0. The Balaban J connectivity index is 1.82. The Morgan fingerprint density at radius 3 is 2.61 bits per heavy atom. The van der Waals surface area contributed by atoms with Crippen molar-refractivity contribution < 1.29 is 18.1 Å². The average molecular weight is 380 g/mol. The number of nitrogens with one attached hydrogen (secondary N) is 1. The number of aromatic nitrogens is 3. The molecule has 0 unspecified atom stereocenters. The average Bonchev–Trinajstić information content (AvgIpc) is 3.36. The molecule has 0 bridgehead atoms. The first kappa shape index (κ1) is 17.9. The van der Waals surface area contributed by atoms with Crippen molar-refractivity contribution in [2.24, 2.45) is 0 Å². The molecule has 0 spiro atoms. The van der Waals surface area contributed by atoms with Crippen molar-refractivity contribution in [3.05, 3.63) is 60.1 Å². The normalized spacial score (nSPS) is 11.0. The molecule has 2 aromatic carbocycles. The molecule has 0 amide bonds.